The maximum Gasteiger partial charge on any atom is 0.412 e. The van der Waals surface area contributed by atoms with Crippen LogP contribution in [0.5, 0.6) is 0 Å². The molecular formula is C17H24N2O4. The van der Waals surface area contributed by atoms with Crippen molar-refractivity contribution in [3.05, 3.63) is 28.2 Å². The fourth-order valence-electron chi connectivity index (χ4n) is 2.80. The number of anilines is 1. The third kappa shape index (κ3) is 3.58. The van der Waals surface area contributed by atoms with E-state index in [1.54, 1.807) is 31.4 Å². The van der Waals surface area contributed by atoms with Crippen LogP contribution >= 0.6 is 0 Å². The molecule has 3 rings (SSSR count). The lowest BCUT2D eigenvalue weighted by molar-refractivity contribution is 0.0299. The number of aliphatic hydroxyl groups excluding tert-OH is 1. The summed E-state index contributed by atoms with van der Waals surface area (Å²) in [4.78, 5) is 24.6. The van der Waals surface area contributed by atoms with Crippen LogP contribution in [0.4, 0.5) is 10.5 Å². The van der Waals surface area contributed by atoms with E-state index in [0.717, 1.165) is 24.8 Å². The molecule has 0 spiro atoms. The van der Waals surface area contributed by atoms with Crippen molar-refractivity contribution in [2.45, 2.75) is 70.1 Å². The predicted molar refractivity (Wildman–Crippen MR) is 86.8 cm³/mol. The molecule has 2 fully saturated rings. The highest BCUT2D eigenvalue weighted by Gasteiger charge is 2.33. The Hall–Kier alpha value is -1.82. The molecule has 6 heteroatoms. The number of hydrogen-bond donors (Lipinski definition) is 2. The van der Waals surface area contributed by atoms with Crippen LogP contribution in [0.3, 0.4) is 0 Å². The molecular weight excluding hydrogens is 296 g/mol. The number of nitrogens with zero attached hydrogens (tertiary/aromatic N) is 1. The monoisotopic (exact) mass is 320 g/mol. The molecule has 2 atom stereocenters. The van der Waals surface area contributed by atoms with E-state index < -0.39 is 17.8 Å². The van der Waals surface area contributed by atoms with Gasteiger partial charge in [0, 0.05) is 6.20 Å². The molecule has 6 nitrogen and oxygen atoms in total. The molecule has 1 heterocycles. The van der Waals surface area contributed by atoms with Crippen molar-refractivity contribution in [1.29, 1.82) is 0 Å². The maximum absolute atomic E-state index is 12.6. The van der Waals surface area contributed by atoms with Crippen molar-refractivity contribution in [3.8, 4) is 0 Å². The van der Waals surface area contributed by atoms with Crippen LogP contribution < -0.4 is 10.9 Å². The lowest BCUT2D eigenvalue weighted by Crippen LogP contribution is -2.40. The number of rotatable bonds is 3. The zero-order chi connectivity index (χ0) is 16.8. The highest BCUT2D eigenvalue weighted by Crippen LogP contribution is 2.41. The molecule has 0 radical (unpaired) electrons. The summed E-state index contributed by atoms with van der Waals surface area (Å²) in [7, 11) is 0. The topological polar surface area (TPSA) is 80.6 Å². The molecule has 0 saturated heterocycles. The van der Waals surface area contributed by atoms with Crippen molar-refractivity contribution in [1.82, 2.24) is 4.57 Å². The third-order valence-electron chi connectivity index (χ3n) is 4.31. The highest BCUT2D eigenvalue weighted by atomic mass is 16.6. The Morgan fingerprint density at radius 1 is 1.30 bits per heavy atom. The minimum Gasteiger partial charge on any atom is -0.444 e. The number of aliphatic hydroxyl groups is 1. The molecule has 126 valence electrons. The van der Waals surface area contributed by atoms with E-state index in [1.807, 2.05) is 6.20 Å². The number of pyridine rings is 1. The lowest BCUT2D eigenvalue weighted by Gasteiger charge is -2.34. The van der Waals surface area contributed by atoms with Gasteiger partial charge in [-0.25, -0.2) is 4.79 Å². The van der Waals surface area contributed by atoms with E-state index in [-0.39, 0.29) is 17.3 Å². The van der Waals surface area contributed by atoms with E-state index in [1.165, 1.54) is 0 Å². The third-order valence-corrected chi connectivity index (χ3v) is 4.31. The summed E-state index contributed by atoms with van der Waals surface area (Å²) in [6, 6.07) is 1.55. The number of amides is 1. The fourth-order valence-corrected chi connectivity index (χ4v) is 2.80. The van der Waals surface area contributed by atoms with Crippen LogP contribution in [0.25, 0.3) is 0 Å². The lowest BCUT2D eigenvalue weighted by atomic mass is 9.88. The second-order valence-electron chi connectivity index (χ2n) is 7.51. The summed E-state index contributed by atoms with van der Waals surface area (Å²) >= 11 is 0. The van der Waals surface area contributed by atoms with Crippen molar-refractivity contribution in [2.75, 3.05) is 5.32 Å². The standard InChI is InChI=1S/C17H24N2O4/c1-17(2,3)23-16(22)18-12-8-11(10-4-5-10)9-19(15(12)21)13-6-7-14(13)20/h8-10,13-14,20H,4-7H2,1-3H3,(H,18,22)/t13?,14-/m1/s1. The van der Waals surface area contributed by atoms with Crippen molar-refractivity contribution < 1.29 is 14.6 Å². The second kappa shape index (κ2) is 5.67. The molecule has 1 amide bonds. The normalized spacial score (nSPS) is 24.0. The van der Waals surface area contributed by atoms with E-state index in [0.29, 0.717) is 12.3 Å². The van der Waals surface area contributed by atoms with Gasteiger partial charge < -0.3 is 14.4 Å². The zero-order valence-corrected chi connectivity index (χ0v) is 13.8. The molecule has 2 aliphatic carbocycles. The summed E-state index contributed by atoms with van der Waals surface area (Å²) < 4.78 is 6.80. The average Bonchev–Trinajstić information content (AvgIpc) is 3.23. The molecule has 2 N–H and O–H groups in total. The Bertz CT molecular complexity index is 670. The SMILES string of the molecule is CC(C)(C)OC(=O)Nc1cc(C2CC2)cn(C2CC[C@H]2O)c1=O. The molecule has 2 aliphatic rings. The molecule has 1 aromatic heterocycles. The van der Waals surface area contributed by atoms with Crippen LogP contribution in [-0.4, -0.2) is 27.5 Å². The van der Waals surface area contributed by atoms with Gasteiger partial charge in [0.15, 0.2) is 0 Å². The number of ether oxygens (including phenoxy) is 1. The molecule has 23 heavy (non-hydrogen) atoms. The van der Waals surface area contributed by atoms with Gasteiger partial charge in [-0.15, -0.1) is 0 Å². The largest absolute Gasteiger partial charge is 0.444 e. The number of hydrogen-bond acceptors (Lipinski definition) is 4. The van der Waals surface area contributed by atoms with Gasteiger partial charge in [0.05, 0.1) is 12.1 Å². The van der Waals surface area contributed by atoms with Gasteiger partial charge in [-0.1, -0.05) is 0 Å². The van der Waals surface area contributed by atoms with E-state index in [9.17, 15) is 14.7 Å². The van der Waals surface area contributed by atoms with Gasteiger partial charge >= 0.3 is 6.09 Å². The predicted octanol–water partition coefficient (Wildman–Crippen LogP) is 2.77. The minimum atomic E-state index is -0.636. The van der Waals surface area contributed by atoms with E-state index >= 15 is 0 Å². The van der Waals surface area contributed by atoms with Crippen molar-refractivity contribution in [3.63, 3.8) is 0 Å². The second-order valence-corrected chi connectivity index (χ2v) is 7.51. The Balaban J connectivity index is 1.89. The number of carbonyl (C=O) groups is 1. The molecule has 2 saturated carbocycles. The van der Waals surface area contributed by atoms with Crippen LogP contribution in [-0.2, 0) is 4.74 Å². The summed E-state index contributed by atoms with van der Waals surface area (Å²) in [5.74, 6) is 0.443. The summed E-state index contributed by atoms with van der Waals surface area (Å²) in [6.07, 6.45) is 4.39. The van der Waals surface area contributed by atoms with Gasteiger partial charge in [0.25, 0.3) is 5.56 Å². The van der Waals surface area contributed by atoms with Gasteiger partial charge in [0.1, 0.15) is 11.3 Å². The van der Waals surface area contributed by atoms with Gasteiger partial charge in [-0.3, -0.25) is 10.1 Å². The Morgan fingerprint density at radius 2 is 2.00 bits per heavy atom. The maximum atomic E-state index is 12.6. The summed E-state index contributed by atoms with van der Waals surface area (Å²) in [6.45, 7) is 5.32. The number of nitrogens with one attached hydrogen (secondary N) is 1. The van der Waals surface area contributed by atoms with Crippen molar-refractivity contribution >= 4 is 11.8 Å². The molecule has 0 aliphatic heterocycles. The molecule has 1 unspecified atom stereocenters. The Labute approximate surface area is 135 Å². The smallest absolute Gasteiger partial charge is 0.412 e. The zero-order valence-electron chi connectivity index (χ0n) is 13.8. The molecule has 0 bridgehead atoms. The van der Waals surface area contributed by atoms with Crippen molar-refractivity contribution in [2.24, 2.45) is 0 Å². The van der Waals surface area contributed by atoms with Crippen LogP contribution in [0, 0.1) is 0 Å². The first-order chi connectivity index (χ1) is 10.7. The Morgan fingerprint density at radius 3 is 2.48 bits per heavy atom. The first-order valence-corrected chi connectivity index (χ1v) is 8.19. The van der Waals surface area contributed by atoms with Crippen LogP contribution in [0.2, 0.25) is 0 Å². The number of aromatic nitrogens is 1. The summed E-state index contributed by atoms with van der Waals surface area (Å²) in [5, 5.41) is 12.5. The van der Waals surface area contributed by atoms with E-state index in [2.05, 4.69) is 5.32 Å². The van der Waals surface area contributed by atoms with Gasteiger partial charge in [0.2, 0.25) is 0 Å². The minimum absolute atomic E-state index is 0.194. The molecule has 1 aromatic rings. The molecule has 0 aromatic carbocycles. The Kier molecular flexibility index (Phi) is 3.96. The fraction of sp³-hybridized carbons (Fsp3) is 0.647. The van der Waals surface area contributed by atoms with Gasteiger partial charge in [-0.05, 0) is 64.0 Å². The van der Waals surface area contributed by atoms with E-state index in [4.69, 9.17) is 4.74 Å². The first-order valence-electron chi connectivity index (χ1n) is 8.19. The average molecular weight is 320 g/mol. The quantitative estimate of drug-likeness (QED) is 0.897. The summed E-state index contributed by atoms with van der Waals surface area (Å²) in [5.41, 5.74) is 0.350. The van der Waals surface area contributed by atoms with Crippen LogP contribution in [0.1, 0.15) is 64.0 Å². The van der Waals surface area contributed by atoms with Crippen LogP contribution in [0.15, 0.2) is 17.1 Å². The first kappa shape index (κ1) is 16.1. The van der Waals surface area contributed by atoms with Gasteiger partial charge in [-0.2, -0.15) is 0 Å². The number of carbonyl (C=O) groups excluding carboxylic acids is 1. The highest BCUT2D eigenvalue weighted by molar-refractivity contribution is 5.84.